The van der Waals surface area contributed by atoms with Gasteiger partial charge in [-0.1, -0.05) is 67.7 Å². The van der Waals surface area contributed by atoms with Gasteiger partial charge in [-0.2, -0.15) is 0 Å². The first kappa shape index (κ1) is 23.0. The summed E-state index contributed by atoms with van der Waals surface area (Å²) in [5, 5.41) is 0. The molecule has 0 N–H and O–H groups in total. The summed E-state index contributed by atoms with van der Waals surface area (Å²) < 4.78 is 1.22. The minimum atomic E-state index is 0.855. The van der Waals surface area contributed by atoms with Crippen LogP contribution < -0.4 is 0 Å². The van der Waals surface area contributed by atoms with Crippen LogP contribution in [0.25, 0.3) is 0 Å². The van der Waals surface area contributed by atoms with E-state index in [-0.39, 0.29) is 0 Å². The van der Waals surface area contributed by atoms with Crippen LogP contribution in [-0.2, 0) is 0 Å². The number of unbranched alkanes of at least 4 members (excludes halogenated alkanes) is 2. The molecule has 0 aromatic heterocycles. The second-order valence-electron chi connectivity index (χ2n) is 10.4. The maximum absolute atomic E-state index is 2.58. The Bertz CT molecular complexity index is 359. The number of rotatable bonds is 12. The lowest BCUT2D eigenvalue weighted by atomic mass is 9.51. The molecule has 0 aromatic rings. The molecule has 6 unspecified atom stereocenters. The average Bonchev–Trinajstić information content (AvgIpc) is 2.48. The molecule has 1 fully saturated rings. The molecule has 0 aliphatic heterocycles. The van der Waals surface area contributed by atoms with E-state index >= 15 is 0 Å². The quantitative estimate of drug-likeness (QED) is 0.265. The zero-order valence-corrected chi connectivity index (χ0v) is 19.1. The monoisotopic (exact) mass is 352 g/mol. The topological polar surface area (TPSA) is 0 Å². The van der Waals surface area contributed by atoms with Crippen LogP contribution >= 0.6 is 0 Å². The van der Waals surface area contributed by atoms with Gasteiger partial charge >= 0.3 is 0 Å². The Kier molecular flexibility index (Phi) is 9.51. The van der Waals surface area contributed by atoms with Crippen LogP contribution in [0.15, 0.2) is 0 Å². The van der Waals surface area contributed by atoms with E-state index in [1.54, 1.807) is 0 Å². The lowest BCUT2D eigenvalue weighted by molar-refractivity contribution is -0.894. The summed E-state index contributed by atoms with van der Waals surface area (Å²) >= 11 is 0. The van der Waals surface area contributed by atoms with Gasteiger partial charge in [0.15, 0.2) is 0 Å². The normalized spacial score (nSPS) is 27.8. The maximum Gasteiger partial charge on any atom is 0.0811 e. The molecule has 6 atom stereocenters. The molecule has 1 rings (SSSR count). The van der Waals surface area contributed by atoms with E-state index in [1.165, 1.54) is 56.1 Å². The zero-order chi connectivity index (χ0) is 19.2. The second-order valence-corrected chi connectivity index (χ2v) is 10.4. The van der Waals surface area contributed by atoms with Gasteiger partial charge in [-0.25, -0.2) is 0 Å². The first-order chi connectivity index (χ1) is 11.7. The first-order valence-corrected chi connectivity index (χ1v) is 11.5. The van der Waals surface area contributed by atoms with E-state index < -0.39 is 0 Å². The Balaban J connectivity index is 2.79. The van der Waals surface area contributed by atoms with Crippen LogP contribution in [-0.4, -0.2) is 31.7 Å². The Morgan fingerprint density at radius 1 is 0.880 bits per heavy atom. The van der Waals surface area contributed by atoms with E-state index in [9.17, 15) is 0 Å². The van der Waals surface area contributed by atoms with E-state index in [2.05, 4.69) is 62.6 Å². The fraction of sp³-hybridized carbons (Fsp3) is 1.00. The van der Waals surface area contributed by atoms with E-state index in [0.29, 0.717) is 0 Å². The lowest BCUT2D eigenvalue weighted by Gasteiger charge is -2.55. The molecule has 0 radical (unpaired) electrons. The lowest BCUT2D eigenvalue weighted by Crippen LogP contribution is -2.53. The molecule has 0 aromatic carbocycles. The summed E-state index contributed by atoms with van der Waals surface area (Å²) in [4.78, 5) is 0. The van der Waals surface area contributed by atoms with Crippen LogP contribution in [0.5, 0.6) is 0 Å². The van der Waals surface area contributed by atoms with Crippen LogP contribution in [0.1, 0.15) is 87.0 Å². The van der Waals surface area contributed by atoms with Crippen LogP contribution in [0.3, 0.4) is 0 Å². The third kappa shape index (κ3) is 6.26. The van der Waals surface area contributed by atoms with Gasteiger partial charge < -0.3 is 4.48 Å². The van der Waals surface area contributed by atoms with Crippen molar-refractivity contribution in [1.29, 1.82) is 0 Å². The standard InChI is InChI=1S/C24H50N/c1-10-13-14-15-25(8,9)17-20(7)24-22(18(4)5)16-23(24)21(12-3)19(6)11-2/h18-24H,10-17H2,1-9H3/q+1. The second kappa shape index (κ2) is 10.3. The van der Waals surface area contributed by atoms with Crippen molar-refractivity contribution >= 4 is 0 Å². The summed E-state index contributed by atoms with van der Waals surface area (Å²) in [5.41, 5.74) is 0. The Morgan fingerprint density at radius 3 is 2.00 bits per heavy atom. The molecule has 1 heteroatoms. The summed E-state index contributed by atoms with van der Waals surface area (Å²) in [6.45, 7) is 19.9. The fourth-order valence-electron chi connectivity index (χ4n) is 5.98. The molecular weight excluding hydrogens is 302 g/mol. The van der Waals surface area contributed by atoms with Gasteiger partial charge in [-0.15, -0.1) is 0 Å². The third-order valence-corrected chi connectivity index (χ3v) is 7.59. The van der Waals surface area contributed by atoms with Crippen molar-refractivity contribution in [2.75, 3.05) is 27.2 Å². The number of hydrogen-bond acceptors (Lipinski definition) is 0. The molecule has 1 saturated carbocycles. The van der Waals surface area contributed by atoms with Gasteiger partial charge in [-0.05, 0) is 54.8 Å². The molecular formula is C24H50N+. The SMILES string of the molecule is CCCCC[N+](C)(C)CC(C)C1C(C(C)C)CC1C(CC)C(C)CC. The predicted octanol–water partition coefficient (Wildman–Crippen LogP) is 6.87. The van der Waals surface area contributed by atoms with Crippen LogP contribution in [0.4, 0.5) is 0 Å². The van der Waals surface area contributed by atoms with Gasteiger partial charge in [-0.3, -0.25) is 0 Å². The number of hydrogen-bond donors (Lipinski definition) is 0. The highest BCUT2D eigenvalue weighted by atomic mass is 15.3. The van der Waals surface area contributed by atoms with Gasteiger partial charge in [0.2, 0.25) is 0 Å². The van der Waals surface area contributed by atoms with E-state index in [1.807, 2.05) is 0 Å². The highest BCUT2D eigenvalue weighted by molar-refractivity contribution is 4.96. The van der Waals surface area contributed by atoms with Crippen molar-refractivity contribution in [3.05, 3.63) is 0 Å². The molecule has 0 heterocycles. The predicted molar refractivity (Wildman–Crippen MR) is 114 cm³/mol. The molecule has 1 aliphatic carbocycles. The van der Waals surface area contributed by atoms with E-state index in [0.717, 1.165) is 41.4 Å². The molecule has 25 heavy (non-hydrogen) atoms. The minimum Gasteiger partial charge on any atom is -0.328 e. The summed E-state index contributed by atoms with van der Waals surface area (Å²) in [5.74, 6) is 6.47. The summed E-state index contributed by atoms with van der Waals surface area (Å²) in [7, 11) is 4.94. The van der Waals surface area contributed by atoms with Crippen LogP contribution in [0, 0.1) is 41.4 Å². The number of quaternary nitrogens is 1. The van der Waals surface area contributed by atoms with Crippen molar-refractivity contribution in [2.45, 2.75) is 87.0 Å². The van der Waals surface area contributed by atoms with Gasteiger partial charge in [0, 0.05) is 5.92 Å². The van der Waals surface area contributed by atoms with Crippen molar-refractivity contribution in [2.24, 2.45) is 41.4 Å². The Labute approximate surface area is 160 Å². The highest BCUT2D eigenvalue weighted by Gasteiger charge is 2.49. The fourth-order valence-corrected chi connectivity index (χ4v) is 5.98. The molecule has 0 amide bonds. The molecule has 0 spiro atoms. The Morgan fingerprint density at radius 2 is 1.52 bits per heavy atom. The van der Waals surface area contributed by atoms with Gasteiger partial charge in [0.25, 0.3) is 0 Å². The first-order valence-electron chi connectivity index (χ1n) is 11.5. The molecule has 1 aliphatic rings. The summed E-state index contributed by atoms with van der Waals surface area (Å²) in [6, 6.07) is 0. The number of nitrogens with zero attached hydrogens (tertiary/aromatic N) is 1. The third-order valence-electron chi connectivity index (χ3n) is 7.59. The van der Waals surface area contributed by atoms with Crippen LogP contribution in [0.2, 0.25) is 0 Å². The molecule has 0 bridgehead atoms. The van der Waals surface area contributed by atoms with Gasteiger partial charge in [0.1, 0.15) is 0 Å². The highest BCUT2D eigenvalue weighted by Crippen LogP contribution is 2.54. The zero-order valence-electron chi connectivity index (χ0n) is 19.1. The van der Waals surface area contributed by atoms with Crippen molar-refractivity contribution < 1.29 is 4.48 Å². The molecule has 0 saturated heterocycles. The van der Waals surface area contributed by atoms with Crippen molar-refractivity contribution in [3.8, 4) is 0 Å². The minimum absolute atomic E-state index is 0.855. The van der Waals surface area contributed by atoms with Crippen molar-refractivity contribution in [1.82, 2.24) is 0 Å². The summed E-state index contributed by atoms with van der Waals surface area (Å²) in [6.07, 6.45) is 8.34. The molecule has 1 nitrogen and oxygen atoms in total. The largest absolute Gasteiger partial charge is 0.328 e. The Hall–Kier alpha value is -0.0400. The van der Waals surface area contributed by atoms with Crippen molar-refractivity contribution in [3.63, 3.8) is 0 Å². The smallest absolute Gasteiger partial charge is 0.0811 e. The van der Waals surface area contributed by atoms with E-state index in [4.69, 9.17) is 0 Å². The average molecular weight is 353 g/mol. The molecule has 150 valence electrons. The van der Waals surface area contributed by atoms with Gasteiger partial charge in [0.05, 0.1) is 27.2 Å². The maximum atomic E-state index is 2.58.